The van der Waals surface area contributed by atoms with Crippen molar-refractivity contribution >= 4 is 35.0 Å². The second-order valence-corrected chi connectivity index (χ2v) is 5.51. The van der Waals surface area contributed by atoms with E-state index in [1.54, 1.807) is 24.3 Å². The average molecular weight is 326 g/mol. The van der Waals surface area contributed by atoms with E-state index in [0.717, 1.165) is 6.26 Å². The van der Waals surface area contributed by atoms with E-state index in [9.17, 15) is 9.59 Å². The van der Waals surface area contributed by atoms with Gasteiger partial charge in [-0.05, 0) is 12.1 Å². The highest BCUT2D eigenvalue weighted by Gasteiger charge is 2.07. The van der Waals surface area contributed by atoms with Crippen LogP contribution in [0.2, 0.25) is 5.02 Å². The van der Waals surface area contributed by atoms with Gasteiger partial charge in [0.05, 0.1) is 22.2 Å². The van der Waals surface area contributed by atoms with Gasteiger partial charge in [-0.15, -0.1) is 11.8 Å². The highest BCUT2D eigenvalue weighted by Crippen LogP contribution is 2.21. The number of thioether (sulfide) groups is 1. The molecule has 2 aromatic rings. The lowest BCUT2D eigenvalue weighted by Gasteiger charge is -2.06. The summed E-state index contributed by atoms with van der Waals surface area (Å²) in [7, 11) is 0. The summed E-state index contributed by atoms with van der Waals surface area (Å²) in [5.74, 6) is 0.309. The number of aromatic hydroxyl groups is 1. The van der Waals surface area contributed by atoms with E-state index in [0.29, 0.717) is 22.2 Å². The Morgan fingerprint density at radius 1 is 1.38 bits per heavy atom. The largest absolute Gasteiger partial charge is 0.502 e. The number of benzene rings is 1. The second kappa shape index (κ2) is 7.19. The normalized spacial score (nSPS) is 10.3. The van der Waals surface area contributed by atoms with Gasteiger partial charge in [-0.25, -0.2) is 0 Å². The molecule has 1 aromatic heterocycles. The minimum Gasteiger partial charge on any atom is -0.502 e. The van der Waals surface area contributed by atoms with Crippen LogP contribution in [0, 0.1) is 0 Å². The van der Waals surface area contributed by atoms with Gasteiger partial charge in [0, 0.05) is 6.07 Å². The lowest BCUT2D eigenvalue weighted by Crippen LogP contribution is -2.14. The number of para-hydroxylation sites is 1. The molecule has 1 heterocycles. The number of rotatable bonds is 5. The van der Waals surface area contributed by atoms with E-state index < -0.39 is 11.2 Å². The highest BCUT2D eigenvalue weighted by molar-refractivity contribution is 7.99. The number of amides is 1. The summed E-state index contributed by atoms with van der Waals surface area (Å²) in [6.07, 6.45) is 0.988. The van der Waals surface area contributed by atoms with Crippen LogP contribution in [0.3, 0.4) is 0 Å². The first-order valence-corrected chi connectivity index (χ1v) is 7.52. The standard InChI is InChI=1S/C14H12ClNO4S/c15-10-3-1-2-4-11(10)16-14(19)8-21-7-9-5-12(17)13(18)6-20-9/h1-6,18H,7-8H2,(H,16,19). The van der Waals surface area contributed by atoms with Crippen molar-refractivity contribution in [2.24, 2.45) is 0 Å². The maximum atomic E-state index is 11.8. The minimum absolute atomic E-state index is 0.190. The minimum atomic E-state index is -0.502. The summed E-state index contributed by atoms with van der Waals surface area (Å²) in [4.78, 5) is 23.0. The van der Waals surface area contributed by atoms with Crippen LogP contribution < -0.4 is 10.7 Å². The van der Waals surface area contributed by atoms with Crippen molar-refractivity contribution in [2.75, 3.05) is 11.1 Å². The Morgan fingerprint density at radius 3 is 2.86 bits per heavy atom. The van der Waals surface area contributed by atoms with Gasteiger partial charge in [0.25, 0.3) is 0 Å². The molecule has 0 unspecified atom stereocenters. The first-order chi connectivity index (χ1) is 10.1. The molecule has 5 nitrogen and oxygen atoms in total. The molecule has 0 aliphatic rings. The number of nitrogens with one attached hydrogen (secondary N) is 1. The van der Waals surface area contributed by atoms with Crippen molar-refractivity contribution in [1.29, 1.82) is 0 Å². The number of carbonyl (C=O) groups excluding carboxylic acids is 1. The third kappa shape index (κ3) is 4.54. The fourth-order valence-corrected chi connectivity index (χ4v) is 2.41. The van der Waals surface area contributed by atoms with E-state index in [1.807, 2.05) is 0 Å². The maximum Gasteiger partial charge on any atom is 0.234 e. The van der Waals surface area contributed by atoms with E-state index in [2.05, 4.69) is 5.32 Å². The Balaban J connectivity index is 1.83. The molecule has 0 saturated carbocycles. The lowest BCUT2D eigenvalue weighted by atomic mass is 10.3. The van der Waals surface area contributed by atoms with Gasteiger partial charge in [0.1, 0.15) is 12.0 Å². The molecule has 1 aromatic carbocycles. The number of carbonyl (C=O) groups is 1. The van der Waals surface area contributed by atoms with Crippen LogP contribution in [0.15, 0.2) is 45.8 Å². The van der Waals surface area contributed by atoms with Crippen LogP contribution >= 0.6 is 23.4 Å². The third-order valence-electron chi connectivity index (χ3n) is 2.49. The van der Waals surface area contributed by atoms with Crippen molar-refractivity contribution in [1.82, 2.24) is 0 Å². The Morgan fingerprint density at radius 2 is 2.14 bits per heavy atom. The maximum absolute atomic E-state index is 11.8. The number of hydrogen-bond acceptors (Lipinski definition) is 5. The smallest absolute Gasteiger partial charge is 0.234 e. The monoisotopic (exact) mass is 325 g/mol. The molecule has 0 atom stereocenters. The number of hydrogen-bond donors (Lipinski definition) is 2. The Kier molecular flexibility index (Phi) is 5.30. The van der Waals surface area contributed by atoms with Crippen LogP contribution in [-0.2, 0) is 10.5 Å². The molecule has 0 bridgehead atoms. The summed E-state index contributed by atoms with van der Waals surface area (Å²) >= 11 is 7.22. The van der Waals surface area contributed by atoms with Crippen molar-refractivity contribution in [2.45, 2.75) is 5.75 Å². The van der Waals surface area contributed by atoms with Crippen LogP contribution in [-0.4, -0.2) is 16.8 Å². The number of halogens is 1. The van der Waals surface area contributed by atoms with Gasteiger partial charge in [0.15, 0.2) is 5.75 Å². The topological polar surface area (TPSA) is 79.5 Å². The van der Waals surface area contributed by atoms with Gasteiger partial charge in [-0.2, -0.15) is 0 Å². The Labute approximate surface area is 129 Å². The molecule has 0 aliphatic carbocycles. The molecule has 110 valence electrons. The zero-order chi connectivity index (χ0) is 15.2. The first-order valence-electron chi connectivity index (χ1n) is 5.99. The molecule has 0 fully saturated rings. The molecule has 0 radical (unpaired) electrons. The molecular weight excluding hydrogens is 314 g/mol. The van der Waals surface area contributed by atoms with Crippen molar-refractivity contribution < 1.29 is 14.3 Å². The Hall–Kier alpha value is -1.92. The fraction of sp³-hybridized carbons (Fsp3) is 0.143. The van der Waals surface area contributed by atoms with Crippen molar-refractivity contribution in [3.63, 3.8) is 0 Å². The van der Waals surface area contributed by atoms with Crippen molar-refractivity contribution in [3.05, 3.63) is 57.6 Å². The van der Waals surface area contributed by atoms with E-state index in [1.165, 1.54) is 17.8 Å². The van der Waals surface area contributed by atoms with Gasteiger partial charge in [0.2, 0.25) is 11.3 Å². The highest BCUT2D eigenvalue weighted by atomic mass is 35.5. The fourth-order valence-electron chi connectivity index (χ4n) is 1.51. The molecule has 0 spiro atoms. The summed E-state index contributed by atoms with van der Waals surface area (Å²) < 4.78 is 5.03. The number of anilines is 1. The molecule has 0 saturated heterocycles. The van der Waals surface area contributed by atoms with Crippen LogP contribution in [0.4, 0.5) is 5.69 Å². The first kappa shape index (κ1) is 15.5. The van der Waals surface area contributed by atoms with Gasteiger partial charge < -0.3 is 14.8 Å². The lowest BCUT2D eigenvalue weighted by molar-refractivity contribution is -0.113. The molecular formula is C14H12ClNO4S. The SMILES string of the molecule is O=C(CSCc1cc(=O)c(O)co1)Nc1ccccc1Cl. The van der Waals surface area contributed by atoms with Crippen molar-refractivity contribution in [3.8, 4) is 5.75 Å². The van der Waals surface area contributed by atoms with Gasteiger partial charge in [-0.1, -0.05) is 23.7 Å². The van der Waals surface area contributed by atoms with Crippen LogP contribution in [0.25, 0.3) is 0 Å². The van der Waals surface area contributed by atoms with Gasteiger partial charge in [-0.3, -0.25) is 9.59 Å². The summed E-state index contributed by atoms with van der Waals surface area (Å²) in [6.45, 7) is 0. The summed E-state index contributed by atoms with van der Waals surface area (Å²) in [5.41, 5.74) is 0.0540. The van der Waals surface area contributed by atoms with E-state index >= 15 is 0 Å². The molecule has 21 heavy (non-hydrogen) atoms. The summed E-state index contributed by atoms with van der Waals surface area (Å²) in [5, 5.41) is 12.2. The second-order valence-electron chi connectivity index (χ2n) is 4.12. The molecule has 1 amide bonds. The average Bonchev–Trinajstić information content (AvgIpc) is 2.45. The van der Waals surface area contributed by atoms with Gasteiger partial charge >= 0.3 is 0 Å². The van der Waals surface area contributed by atoms with Crippen LogP contribution in [0.1, 0.15) is 5.76 Å². The zero-order valence-electron chi connectivity index (χ0n) is 10.8. The zero-order valence-corrected chi connectivity index (χ0v) is 12.4. The third-order valence-corrected chi connectivity index (χ3v) is 3.78. The molecule has 0 aliphatic heterocycles. The van der Waals surface area contributed by atoms with Crippen LogP contribution in [0.5, 0.6) is 5.75 Å². The quantitative estimate of drug-likeness (QED) is 0.883. The predicted octanol–water partition coefficient (Wildman–Crippen LogP) is 2.87. The Bertz CT molecular complexity index is 701. The predicted molar refractivity (Wildman–Crippen MR) is 82.9 cm³/mol. The molecule has 2 N–H and O–H groups in total. The molecule has 7 heteroatoms. The van der Waals surface area contributed by atoms with E-state index in [-0.39, 0.29) is 11.7 Å². The summed E-state index contributed by atoms with van der Waals surface area (Å²) in [6, 6.07) is 8.16. The van der Waals surface area contributed by atoms with E-state index in [4.69, 9.17) is 21.1 Å². The molecule has 2 rings (SSSR count).